The molecule has 0 aromatic heterocycles. The standard InChI is InChI=1S/C28H24O11/c29-19-8-6-16(7-9-19)10-11-27(36)14-18(24(33)38-20-4-2-1-3-5-20)15-28(37,26(27)35)39-25(34)17-12-21(30)23(32)22(31)13-17/h1-14,26,29-32,35-37H,15H2/b11-10+. The van der Waals surface area contributed by atoms with Crippen LogP contribution in [0.5, 0.6) is 28.7 Å². The predicted octanol–water partition coefficient (Wildman–Crippen LogP) is 2.10. The Morgan fingerprint density at radius 1 is 0.872 bits per heavy atom. The van der Waals surface area contributed by atoms with Crippen molar-refractivity contribution in [3.63, 3.8) is 0 Å². The minimum atomic E-state index is -2.91. The molecule has 1 aliphatic rings. The first-order valence-corrected chi connectivity index (χ1v) is 11.5. The molecule has 0 saturated carbocycles. The second kappa shape index (κ2) is 10.5. The molecule has 0 bridgehead atoms. The number of para-hydroxylation sites is 1. The van der Waals surface area contributed by atoms with Crippen molar-refractivity contribution < 1.29 is 54.8 Å². The third-order valence-electron chi connectivity index (χ3n) is 5.94. The number of aromatic hydroxyl groups is 4. The second-order valence-electron chi connectivity index (χ2n) is 8.86. The number of phenolic OH excluding ortho intramolecular Hbond substituents is 4. The van der Waals surface area contributed by atoms with Crippen LogP contribution in [0.1, 0.15) is 22.3 Å². The Kier molecular flexibility index (Phi) is 7.32. The highest BCUT2D eigenvalue weighted by atomic mass is 16.7. The molecule has 3 aromatic rings. The van der Waals surface area contributed by atoms with E-state index in [1.54, 1.807) is 18.2 Å². The molecule has 11 nitrogen and oxygen atoms in total. The molecule has 0 radical (unpaired) electrons. The molecule has 0 saturated heterocycles. The molecule has 0 amide bonds. The summed E-state index contributed by atoms with van der Waals surface area (Å²) >= 11 is 0. The monoisotopic (exact) mass is 536 g/mol. The number of hydrogen-bond acceptors (Lipinski definition) is 11. The van der Waals surface area contributed by atoms with Gasteiger partial charge in [0.05, 0.1) is 5.56 Å². The number of aliphatic hydroxyl groups excluding tert-OH is 1. The zero-order chi connectivity index (χ0) is 28.4. The topological polar surface area (TPSA) is 194 Å². The van der Waals surface area contributed by atoms with Crippen LogP contribution in [0.2, 0.25) is 0 Å². The number of phenols is 4. The van der Waals surface area contributed by atoms with Crippen molar-refractivity contribution in [2.24, 2.45) is 0 Å². The van der Waals surface area contributed by atoms with E-state index < -0.39 is 58.7 Å². The molecule has 0 spiro atoms. The summed E-state index contributed by atoms with van der Waals surface area (Å²) in [7, 11) is 0. The van der Waals surface area contributed by atoms with Crippen LogP contribution in [0.25, 0.3) is 6.08 Å². The normalized spacial score (nSPS) is 22.7. The van der Waals surface area contributed by atoms with Crippen LogP contribution in [0.15, 0.2) is 84.5 Å². The van der Waals surface area contributed by atoms with E-state index in [0.29, 0.717) is 5.56 Å². The fourth-order valence-corrected chi connectivity index (χ4v) is 3.92. The average molecular weight is 536 g/mol. The van der Waals surface area contributed by atoms with Crippen molar-refractivity contribution in [1.29, 1.82) is 0 Å². The predicted molar refractivity (Wildman–Crippen MR) is 135 cm³/mol. The summed E-state index contributed by atoms with van der Waals surface area (Å²) in [5.41, 5.74) is -2.88. The lowest BCUT2D eigenvalue weighted by atomic mass is 9.79. The first-order chi connectivity index (χ1) is 18.4. The van der Waals surface area contributed by atoms with Gasteiger partial charge < -0.3 is 45.2 Å². The van der Waals surface area contributed by atoms with Crippen molar-refractivity contribution in [2.45, 2.75) is 23.9 Å². The molecule has 0 heterocycles. The number of esters is 2. The summed E-state index contributed by atoms with van der Waals surface area (Å²) in [6, 6.07) is 15.1. The Labute approximate surface area is 221 Å². The molecule has 11 heteroatoms. The molecule has 39 heavy (non-hydrogen) atoms. The largest absolute Gasteiger partial charge is 0.508 e. The van der Waals surface area contributed by atoms with Gasteiger partial charge in [0, 0.05) is 12.0 Å². The van der Waals surface area contributed by atoms with Crippen LogP contribution < -0.4 is 4.74 Å². The maximum atomic E-state index is 13.0. The highest BCUT2D eigenvalue weighted by Gasteiger charge is 2.55. The maximum absolute atomic E-state index is 13.0. The molecule has 3 aromatic carbocycles. The van der Waals surface area contributed by atoms with Crippen LogP contribution in [0, 0.1) is 0 Å². The summed E-state index contributed by atoms with van der Waals surface area (Å²) in [5.74, 6) is -7.78. The molecule has 202 valence electrons. The molecule has 1 aliphatic carbocycles. The Morgan fingerprint density at radius 3 is 2.10 bits per heavy atom. The summed E-state index contributed by atoms with van der Waals surface area (Å²) < 4.78 is 10.4. The average Bonchev–Trinajstić information content (AvgIpc) is 2.90. The quantitative estimate of drug-likeness (QED) is 0.106. The minimum Gasteiger partial charge on any atom is -0.508 e. The Balaban J connectivity index is 1.70. The molecule has 4 rings (SSSR count). The lowest BCUT2D eigenvalue weighted by Crippen LogP contribution is -2.60. The highest BCUT2D eigenvalue weighted by Crippen LogP contribution is 2.40. The number of benzene rings is 3. The lowest BCUT2D eigenvalue weighted by Gasteiger charge is -2.42. The van der Waals surface area contributed by atoms with Gasteiger partial charge in [-0.3, -0.25) is 0 Å². The second-order valence-corrected chi connectivity index (χ2v) is 8.86. The van der Waals surface area contributed by atoms with E-state index in [1.807, 2.05) is 0 Å². The summed E-state index contributed by atoms with van der Waals surface area (Å²) in [4.78, 5) is 25.8. The molecule has 7 N–H and O–H groups in total. The van der Waals surface area contributed by atoms with E-state index in [0.717, 1.165) is 24.3 Å². The van der Waals surface area contributed by atoms with E-state index in [4.69, 9.17) is 9.47 Å². The third-order valence-corrected chi connectivity index (χ3v) is 5.94. The van der Waals surface area contributed by atoms with Crippen LogP contribution in [0.3, 0.4) is 0 Å². The van der Waals surface area contributed by atoms with E-state index >= 15 is 0 Å². The fraction of sp³-hybridized carbons (Fsp3) is 0.143. The van der Waals surface area contributed by atoms with Crippen molar-refractivity contribution in [2.75, 3.05) is 0 Å². The number of hydrogen-bond donors (Lipinski definition) is 7. The van der Waals surface area contributed by atoms with Gasteiger partial charge in [0.25, 0.3) is 0 Å². The first-order valence-electron chi connectivity index (χ1n) is 11.5. The van der Waals surface area contributed by atoms with Crippen LogP contribution in [0.4, 0.5) is 0 Å². The Morgan fingerprint density at radius 2 is 1.49 bits per heavy atom. The third kappa shape index (κ3) is 5.85. The first kappa shape index (κ1) is 27.2. The number of rotatable bonds is 6. The number of carbonyl (C=O) groups excluding carboxylic acids is 2. The Hall–Kier alpha value is -4.84. The molecule has 3 atom stereocenters. The van der Waals surface area contributed by atoms with Gasteiger partial charge in [0.2, 0.25) is 5.79 Å². The molecule has 0 fully saturated rings. The van der Waals surface area contributed by atoms with Gasteiger partial charge in [-0.15, -0.1) is 0 Å². The highest BCUT2D eigenvalue weighted by molar-refractivity contribution is 5.93. The van der Waals surface area contributed by atoms with Crippen molar-refractivity contribution in [1.82, 2.24) is 0 Å². The van der Waals surface area contributed by atoms with E-state index in [2.05, 4.69) is 0 Å². The summed E-state index contributed by atoms with van der Waals surface area (Å²) in [6.45, 7) is 0. The zero-order valence-electron chi connectivity index (χ0n) is 20.1. The van der Waals surface area contributed by atoms with Gasteiger partial charge in [-0.25, -0.2) is 9.59 Å². The number of ether oxygens (including phenoxy) is 2. The van der Waals surface area contributed by atoms with Crippen LogP contribution in [-0.4, -0.2) is 65.2 Å². The van der Waals surface area contributed by atoms with Crippen LogP contribution in [-0.2, 0) is 9.53 Å². The van der Waals surface area contributed by atoms with Gasteiger partial charge in [-0.2, -0.15) is 0 Å². The maximum Gasteiger partial charge on any atom is 0.341 e. The smallest absolute Gasteiger partial charge is 0.341 e. The number of carbonyl (C=O) groups is 2. The van der Waals surface area contributed by atoms with Gasteiger partial charge >= 0.3 is 11.9 Å². The van der Waals surface area contributed by atoms with E-state index in [9.17, 15) is 45.3 Å². The lowest BCUT2D eigenvalue weighted by molar-refractivity contribution is -0.256. The van der Waals surface area contributed by atoms with Gasteiger partial charge in [-0.05, 0) is 54.1 Å². The summed E-state index contributed by atoms with van der Waals surface area (Å²) in [5, 5.41) is 72.1. The van der Waals surface area contributed by atoms with E-state index in [-0.39, 0.29) is 17.1 Å². The van der Waals surface area contributed by atoms with Crippen LogP contribution >= 0.6 is 0 Å². The van der Waals surface area contributed by atoms with Gasteiger partial charge in [-0.1, -0.05) is 36.4 Å². The minimum absolute atomic E-state index is 0.0120. The number of aliphatic hydroxyl groups is 3. The van der Waals surface area contributed by atoms with E-state index in [1.165, 1.54) is 42.5 Å². The molecular weight excluding hydrogens is 512 g/mol. The molecule has 0 aliphatic heterocycles. The van der Waals surface area contributed by atoms with Gasteiger partial charge in [0.15, 0.2) is 23.4 Å². The zero-order valence-corrected chi connectivity index (χ0v) is 20.1. The van der Waals surface area contributed by atoms with Crippen molar-refractivity contribution in [3.05, 3.63) is 95.6 Å². The van der Waals surface area contributed by atoms with Crippen molar-refractivity contribution >= 4 is 18.0 Å². The van der Waals surface area contributed by atoms with Crippen molar-refractivity contribution in [3.8, 4) is 28.7 Å². The fourth-order valence-electron chi connectivity index (χ4n) is 3.92. The Bertz CT molecular complexity index is 1420. The van der Waals surface area contributed by atoms with Gasteiger partial charge in [0.1, 0.15) is 17.1 Å². The molecular formula is C28H24O11. The summed E-state index contributed by atoms with van der Waals surface area (Å²) in [6.07, 6.45) is 0.297. The SMILES string of the molecule is O=C(Oc1ccccc1)C1=CC(O)(/C=C/c2ccc(O)cc2)C(O)C(O)(OC(=O)c2cc(O)c(O)c(O)c2)C1. The molecule has 3 unspecified atom stereocenters.